The summed E-state index contributed by atoms with van der Waals surface area (Å²) in [6.07, 6.45) is 0. The number of para-hydroxylation sites is 2. The van der Waals surface area contributed by atoms with E-state index < -0.39 is 0 Å². The lowest BCUT2D eigenvalue weighted by Crippen LogP contribution is -1.87. The van der Waals surface area contributed by atoms with Gasteiger partial charge in [-0.2, -0.15) is 0 Å². The highest BCUT2D eigenvalue weighted by atomic mass is 14.8. The van der Waals surface area contributed by atoms with Gasteiger partial charge in [0.15, 0.2) is 0 Å². The SMILES string of the molecule is c1cc2c3ccc4ccc5ccc([nH]c5c4[nH]3)c3cccc4c5ccc6c(c1)c2nc6c5nc34. The van der Waals surface area contributed by atoms with Gasteiger partial charge in [0.25, 0.3) is 0 Å². The number of hydrogen-bond donors (Lipinski definition) is 2. The minimum Gasteiger partial charge on any atom is -0.353 e. The first-order valence-corrected chi connectivity index (χ1v) is 11.5. The number of H-pyrrole nitrogens is 2. The number of hydrogen-bond acceptors (Lipinski definition) is 2. The zero-order valence-corrected chi connectivity index (χ0v) is 18.0. The van der Waals surface area contributed by atoms with Crippen LogP contribution in [0.5, 0.6) is 0 Å². The maximum Gasteiger partial charge on any atom is 0.0979 e. The van der Waals surface area contributed by atoms with Gasteiger partial charge in [-0.3, -0.25) is 0 Å². The fraction of sp³-hybridized carbons (Fsp3) is 0. The number of benzene rings is 4. The average molecular weight is 432 g/mol. The van der Waals surface area contributed by atoms with E-state index in [1.54, 1.807) is 0 Å². The maximum absolute atomic E-state index is 5.20. The highest BCUT2D eigenvalue weighted by molar-refractivity contribution is 6.26. The summed E-state index contributed by atoms with van der Waals surface area (Å²) in [6.45, 7) is 0. The van der Waals surface area contributed by atoms with Gasteiger partial charge in [0, 0.05) is 54.1 Å². The summed E-state index contributed by atoms with van der Waals surface area (Å²) in [7, 11) is 0. The molecule has 2 N–H and O–H groups in total. The molecule has 156 valence electrons. The van der Waals surface area contributed by atoms with Crippen molar-refractivity contribution in [1.82, 2.24) is 19.9 Å². The monoisotopic (exact) mass is 432 g/mol. The second-order valence-electron chi connectivity index (χ2n) is 9.22. The van der Waals surface area contributed by atoms with E-state index in [4.69, 9.17) is 9.97 Å². The topological polar surface area (TPSA) is 57.4 Å². The van der Waals surface area contributed by atoms with Crippen LogP contribution in [0.2, 0.25) is 0 Å². The molecule has 4 heteroatoms. The quantitative estimate of drug-likeness (QED) is 0.240. The van der Waals surface area contributed by atoms with Gasteiger partial charge in [0.05, 0.1) is 33.1 Å². The van der Waals surface area contributed by atoms with E-state index in [2.05, 4.69) is 94.9 Å². The first kappa shape index (κ1) is 16.9. The third-order valence-electron chi connectivity index (χ3n) is 7.48. The van der Waals surface area contributed by atoms with Crippen molar-refractivity contribution in [2.45, 2.75) is 0 Å². The van der Waals surface area contributed by atoms with Crippen molar-refractivity contribution in [1.29, 1.82) is 0 Å². The van der Waals surface area contributed by atoms with Gasteiger partial charge in [-0.25, -0.2) is 9.97 Å². The molecule has 9 aromatic rings. The number of nitrogens with zero attached hydrogens (tertiary/aromatic N) is 2. The highest BCUT2D eigenvalue weighted by Gasteiger charge is 2.16. The van der Waals surface area contributed by atoms with Crippen LogP contribution in [-0.2, 0) is 0 Å². The molecular weight excluding hydrogens is 416 g/mol. The number of aromatic amines is 2. The van der Waals surface area contributed by atoms with Crippen LogP contribution < -0.4 is 0 Å². The Hall–Kier alpha value is -4.70. The van der Waals surface area contributed by atoms with Gasteiger partial charge in [-0.05, 0) is 12.1 Å². The van der Waals surface area contributed by atoms with Crippen molar-refractivity contribution >= 4 is 87.2 Å². The Kier molecular flexibility index (Phi) is 2.78. The molecule has 0 aliphatic rings. The van der Waals surface area contributed by atoms with Crippen LogP contribution >= 0.6 is 0 Å². The standard InChI is InChI=1S/C30H16N4/c1-3-17-19-11-12-20-18-4-2-6-22-24-14-10-16-8-7-15-9-13-23(31-25(15)26(16)32-24)21(5-1)27(17)33-29(19)30(20)34-28(18)22/h1-14,31-32H. The Balaban J connectivity index is 1.71. The second-order valence-corrected chi connectivity index (χ2v) is 9.22. The highest BCUT2D eigenvalue weighted by Crippen LogP contribution is 2.38. The summed E-state index contributed by atoms with van der Waals surface area (Å²) in [5.41, 5.74) is 8.26. The molecule has 0 aliphatic heterocycles. The van der Waals surface area contributed by atoms with Crippen LogP contribution in [0.4, 0.5) is 0 Å². The predicted octanol–water partition coefficient (Wildman–Crippen LogP) is 7.80. The molecule has 8 bridgehead atoms. The van der Waals surface area contributed by atoms with Crippen LogP contribution in [0.3, 0.4) is 0 Å². The van der Waals surface area contributed by atoms with E-state index in [0.29, 0.717) is 0 Å². The van der Waals surface area contributed by atoms with Gasteiger partial charge in [0.1, 0.15) is 0 Å². The van der Waals surface area contributed by atoms with Crippen molar-refractivity contribution < 1.29 is 0 Å². The Morgan fingerprint density at radius 3 is 1.29 bits per heavy atom. The van der Waals surface area contributed by atoms with Gasteiger partial charge >= 0.3 is 0 Å². The Labute approximate surface area is 192 Å². The Morgan fingerprint density at radius 1 is 0.382 bits per heavy atom. The first-order valence-electron chi connectivity index (χ1n) is 11.5. The summed E-state index contributed by atoms with van der Waals surface area (Å²) in [4.78, 5) is 17.9. The molecular formula is C30H16N4. The van der Waals surface area contributed by atoms with Crippen molar-refractivity contribution in [3.05, 3.63) is 84.9 Å². The van der Waals surface area contributed by atoms with Crippen LogP contribution in [0, 0.1) is 0 Å². The van der Waals surface area contributed by atoms with Gasteiger partial charge in [0.2, 0.25) is 0 Å². The third kappa shape index (κ3) is 1.92. The van der Waals surface area contributed by atoms with E-state index in [1.165, 1.54) is 10.8 Å². The number of fused-ring (bicyclic) bond motifs is 6. The molecule has 0 aliphatic carbocycles. The molecule has 0 saturated heterocycles. The molecule has 34 heavy (non-hydrogen) atoms. The summed E-state index contributed by atoms with van der Waals surface area (Å²) in [6, 6.07) is 30.4. The van der Waals surface area contributed by atoms with Crippen LogP contribution in [0.15, 0.2) is 84.9 Å². The number of pyridine rings is 2. The van der Waals surface area contributed by atoms with E-state index >= 15 is 0 Å². The molecule has 4 aromatic carbocycles. The molecule has 0 radical (unpaired) electrons. The molecule has 0 spiro atoms. The zero-order valence-electron chi connectivity index (χ0n) is 18.0. The molecule has 0 fully saturated rings. The molecule has 0 saturated carbocycles. The van der Waals surface area contributed by atoms with Crippen molar-refractivity contribution in [2.75, 3.05) is 0 Å². The molecule has 0 unspecified atom stereocenters. The van der Waals surface area contributed by atoms with E-state index in [0.717, 1.165) is 76.5 Å². The van der Waals surface area contributed by atoms with E-state index in [9.17, 15) is 0 Å². The Bertz CT molecular complexity index is 2120. The smallest absolute Gasteiger partial charge is 0.0979 e. The van der Waals surface area contributed by atoms with E-state index in [1.807, 2.05) is 0 Å². The van der Waals surface area contributed by atoms with Crippen molar-refractivity contribution in [3.8, 4) is 0 Å². The molecule has 4 nitrogen and oxygen atoms in total. The van der Waals surface area contributed by atoms with Gasteiger partial charge < -0.3 is 9.97 Å². The molecule has 0 atom stereocenters. The fourth-order valence-electron chi connectivity index (χ4n) is 5.86. The number of nitrogens with one attached hydrogen (secondary N) is 2. The van der Waals surface area contributed by atoms with Crippen molar-refractivity contribution in [3.63, 3.8) is 0 Å². The summed E-state index contributed by atoms with van der Waals surface area (Å²) < 4.78 is 0. The molecule has 5 heterocycles. The average Bonchev–Trinajstić information content (AvgIpc) is 3.46. The first-order chi connectivity index (χ1) is 16.8. The largest absolute Gasteiger partial charge is 0.353 e. The van der Waals surface area contributed by atoms with Crippen molar-refractivity contribution in [2.24, 2.45) is 0 Å². The van der Waals surface area contributed by atoms with Crippen LogP contribution in [-0.4, -0.2) is 19.9 Å². The lowest BCUT2D eigenvalue weighted by Gasteiger charge is -2.07. The number of rotatable bonds is 0. The lowest BCUT2D eigenvalue weighted by molar-refractivity contribution is 1.46. The minimum atomic E-state index is 0.972. The van der Waals surface area contributed by atoms with Gasteiger partial charge in [-0.1, -0.05) is 72.8 Å². The number of aromatic nitrogens is 4. The minimum absolute atomic E-state index is 0.972. The predicted molar refractivity (Wildman–Crippen MR) is 142 cm³/mol. The maximum atomic E-state index is 5.20. The van der Waals surface area contributed by atoms with E-state index in [-0.39, 0.29) is 0 Å². The molecule has 5 aromatic heterocycles. The van der Waals surface area contributed by atoms with Crippen LogP contribution in [0.25, 0.3) is 87.2 Å². The molecule has 0 amide bonds. The lowest BCUT2D eigenvalue weighted by atomic mass is 10.1. The summed E-state index contributed by atoms with van der Waals surface area (Å²) >= 11 is 0. The Morgan fingerprint density at radius 2 is 0.794 bits per heavy atom. The fourth-order valence-corrected chi connectivity index (χ4v) is 5.86. The summed E-state index contributed by atoms with van der Waals surface area (Å²) in [5.74, 6) is 0. The zero-order chi connectivity index (χ0) is 22.0. The summed E-state index contributed by atoms with van der Waals surface area (Å²) in [5, 5.41) is 9.16. The van der Waals surface area contributed by atoms with Gasteiger partial charge in [-0.15, -0.1) is 0 Å². The van der Waals surface area contributed by atoms with Crippen LogP contribution in [0.1, 0.15) is 0 Å². The third-order valence-corrected chi connectivity index (χ3v) is 7.48. The normalized spacial score (nSPS) is 12.7. The second kappa shape index (κ2) is 5.61. The molecule has 9 rings (SSSR count).